The molecule has 4 nitrogen and oxygen atoms in total. The van der Waals surface area contributed by atoms with Gasteiger partial charge < -0.3 is 10.2 Å². The minimum absolute atomic E-state index is 0.834. The Hall–Kier alpha value is -1.16. The fourth-order valence-corrected chi connectivity index (χ4v) is 1.72. The van der Waals surface area contributed by atoms with E-state index in [-0.39, 0.29) is 0 Å². The van der Waals surface area contributed by atoms with Crippen LogP contribution in [0.2, 0.25) is 0 Å². The van der Waals surface area contributed by atoms with E-state index in [9.17, 15) is 0 Å². The molecule has 0 amide bonds. The van der Waals surface area contributed by atoms with Gasteiger partial charge in [0.15, 0.2) is 0 Å². The lowest BCUT2D eigenvalue weighted by atomic mass is 10.3. The van der Waals surface area contributed by atoms with Crippen LogP contribution in [0.4, 0.5) is 5.95 Å². The van der Waals surface area contributed by atoms with E-state index in [4.69, 9.17) is 0 Å². The normalized spacial score (nSPS) is 16.2. The minimum atomic E-state index is 0.834. The second-order valence-corrected chi connectivity index (χ2v) is 3.62. The van der Waals surface area contributed by atoms with Crippen LogP contribution < -0.4 is 10.2 Å². The van der Waals surface area contributed by atoms with E-state index in [1.165, 1.54) is 12.8 Å². The molecule has 1 aromatic rings. The van der Waals surface area contributed by atoms with Gasteiger partial charge in [-0.05, 0) is 19.9 Å². The van der Waals surface area contributed by atoms with Crippen LogP contribution in [-0.4, -0.2) is 30.1 Å². The van der Waals surface area contributed by atoms with Crippen LogP contribution in [0.15, 0.2) is 12.4 Å². The Morgan fingerprint density at radius 3 is 2.50 bits per heavy atom. The third kappa shape index (κ3) is 2.01. The second-order valence-electron chi connectivity index (χ2n) is 3.62. The van der Waals surface area contributed by atoms with Gasteiger partial charge in [0.2, 0.25) is 5.95 Å². The number of hydrogen-bond acceptors (Lipinski definition) is 4. The van der Waals surface area contributed by atoms with Crippen molar-refractivity contribution in [2.24, 2.45) is 0 Å². The highest BCUT2D eigenvalue weighted by atomic mass is 15.3. The van der Waals surface area contributed by atoms with Gasteiger partial charge in [-0.1, -0.05) is 0 Å². The quantitative estimate of drug-likeness (QED) is 0.769. The first-order valence-electron chi connectivity index (χ1n) is 5.10. The summed E-state index contributed by atoms with van der Waals surface area (Å²) in [6.45, 7) is 3.04. The summed E-state index contributed by atoms with van der Waals surface area (Å²) < 4.78 is 0. The van der Waals surface area contributed by atoms with Crippen LogP contribution >= 0.6 is 0 Å². The first-order chi connectivity index (χ1) is 6.90. The predicted molar refractivity (Wildman–Crippen MR) is 56.2 cm³/mol. The summed E-state index contributed by atoms with van der Waals surface area (Å²) in [5.74, 6) is 0.877. The van der Waals surface area contributed by atoms with E-state index < -0.39 is 0 Å². The summed E-state index contributed by atoms with van der Waals surface area (Å²) in [6.07, 6.45) is 6.33. The van der Waals surface area contributed by atoms with Crippen molar-refractivity contribution in [3.05, 3.63) is 18.0 Å². The fourth-order valence-electron chi connectivity index (χ4n) is 1.72. The smallest absolute Gasteiger partial charge is 0.225 e. The molecule has 0 aliphatic carbocycles. The molecule has 0 bridgehead atoms. The van der Waals surface area contributed by atoms with Crippen molar-refractivity contribution < 1.29 is 0 Å². The van der Waals surface area contributed by atoms with Crippen molar-refractivity contribution in [2.45, 2.75) is 19.4 Å². The number of nitrogens with zero attached hydrogens (tertiary/aromatic N) is 3. The lowest BCUT2D eigenvalue weighted by Crippen LogP contribution is -2.20. The maximum atomic E-state index is 4.35. The van der Waals surface area contributed by atoms with E-state index in [2.05, 4.69) is 20.2 Å². The molecule has 0 unspecified atom stereocenters. The standard InChI is InChI=1S/C10H16N4/c1-11-6-9-7-12-10(13-8-9)14-4-2-3-5-14/h7-8,11H,2-6H2,1H3. The molecule has 0 spiro atoms. The zero-order valence-corrected chi connectivity index (χ0v) is 8.53. The van der Waals surface area contributed by atoms with Gasteiger partial charge in [0.1, 0.15) is 0 Å². The number of hydrogen-bond donors (Lipinski definition) is 1. The molecule has 1 aliphatic rings. The number of rotatable bonds is 3. The van der Waals surface area contributed by atoms with Gasteiger partial charge in [-0.3, -0.25) is 0 Å². The number of aromatic nitrogens is 2. The van der Waals surface area contributed by atoms with Crippen molar-refractivity contribution in [3.8, 4) is 0 Å². The van der Waals surface area contributed by atoms with Gasteiger partial charge in [-0.25, -0.2) is 9.97 Å². The number of anilines is 1. The molecule has 1 aliphatic heterocycles. The van der Waals surface area contributed by atoms with Gasteiger partial charge in [-0.15, -0.1) is 0 Å². The molecule has 1 aromatic heterocycles. The Bertz CT molecular complexity index is 277. The SMILES string of the molecule is CNCc1cnc(N2CCCC2)nc1. The molecular formula is C10H16N4. The van der Waals surface area contributed by atoms with Crippen molar-refractivity contribution in [2.75, 3.05) is 25.0 Å². The predicted octanol–water partition coefficient (Wildman–Crippen LogP) is 0.796. The zero-order chi connectivity index (χ0) is 9.80. The summed E-state index contributed by atoms with van der Waals surface area (Å²) in [6, 6.07) is 0. The molecule has 2 rings (SSSR count). The van der Waals surface area contributed by atoms with Crippen molar-refractivity contribution >= 4 is 5.95 Å². The van der Waals surface area contributed by atoms with Crippen LogP contribution in [0.5, 0.6) is 0 Å². The molecule has 1 N–H and O–H groups in total. The first-order valence-corrected chi connectivity index (χ1v) is 5.10. The summed E-state index contributed by atoms with van der Waals surface area (Å²) in [5, 5.41) is 3.08. The van der Waals surface area contributed by atoms with Crippen LogP contribution in [0.25, 0.3) is 0 Å². The highest BCUT2D eigenvalue weighted by Gasteiger charge is 2.13. The summed E-state index contributed by atoms with van der Waals surface area (Å²) >= 11 is 0. The molecule has 14 heavy (non-hydrogen) atoms. The summed E-state index contributed by atoms with van der Waals surface area (Å²) in [4.78, 5) is 10.9. The molecule has 0 saturated carbocycles. The van der Waals surface area contributed by atoms with Crippen molar-refractivity contribution in [3.63, 3.8) is 0 Å². The van der Waals surface area contributed by atoms with Crippen LogP contribution in [-0.2, 0) is 6.54 Å². The average molecular weight is 192 g/mol. The van der Waals surface area contributed by atoms with Gasteiger partial charge in [0.05, 0.1) is 0 Å². The maximum absolute atomic E-state index is 4.35. The van der Waals surface area contributed by atoms with Gasteiger partial charge in [0.25, 0.3) is 0 Å². The average Bonchev–Trinajstić information content (AvgIpc) is 2.72. The Morgan fingerprint density at radius 2 is 1.93 bits per heavy atom. The molecule has 1 fully saturated rings. The van der Waals surface area contributed by atoms with Gasteiger partial charge >= 0.3 is 0 Å². The highest BCUT2D eigenvalue weighted by Crippen LogP contribution is 2.14. The monoisotopic (exact) mass is 192 g/mol. The lowest BCUT2D eigenvalue weighted by Gasteiger charge is -2.14. The first kappa shape index (κ1) is 9.40. The van der Waals surface area contributed by atoms with E-state index in [0.717, 1.165) is 31.1 Å². The molecule has 76 valence electrons. The van der Waals surface area contributed by atoms with E-state index >= 15 is 0 Å². The Labute approximate surface area is 84.4 Å². The lowest BCUT2D eigenvalue weighted by molar-refractivity contribution is 0.800. The van der Waals surface area contributed by atoms with Crippen LogP contribution in [0.3, 0.4) is 0 Å². The molecule has 4 heteroatoms. The number of nitrogens with one attached hydrogen (secondary N) is 1. The third-order valence-electron chi connectivity index (χ3n) is 2.46. The fraction of sp³-hybridized carbons (Fsp3) is 0.600. The zero-order valence-electron chi connectivity index (χ0n) is 8.53. The highest BCUT2D eigenvalue weighted by molar-refractivity contribution is 5.30. The molecule has 0 atom stereocenters. The van der Waals surface area contributed by atoms with Gasteiger partial charge in [0, 0.05) is 37.6 Å². The minimum Gasteiger partial charge on any atom is -0.341 e. The van der Waals surface area contributed by atoms with E-state index in [1.54, 1.807) is 0 Å². The Balaban J connectivity index is 2.05. The van der Waals surface area contributed by atoms with E-state index in [1.807, 2.05) is 19.4 Å². The molecule has 2 heterocycles. The summed E-state index contributed by atoms with van der Waals surface area (Å²) in [5.41, 5.74) is 1.13. The Morgan fingerprint density at radius 1 is 1.29 bits per heavy atom. The summed E-state index contributed by atoms with van der Waals surface area (Å²) in [7, 11) is 1.92. The van der Waals surface area contributed by atoms with Crippen LogP contribution in [0.1, 0.15) is 18.4 Å². The largest absolute Gasteiger partial charge is 0.341 e. The third-order valence-corrected chi connectivity index (χ3v) is 2.46. The van der Waals surface area contributed by atoms with Crippen molar-refractivity contribution in [1.29, 1.82) is 0 Å². The van der Waals surface area contributed by atoms with Gasteiger partial charge in [-0.2, -0.15) is 0 Å². The topological polar surface area (TPSA) is 41.1 Å². The molecule has 0 radical (unpaired) electrons. The van der Waals surface area contributed by atoms with E-state index in [0.29, 0.717) is 0 Å². The molecular weight excluding hydrogens is 176 g/mol. The Kier molecular flexibility index (Phi) is 2.93. The maximum Gasteiger partial charge on any atom is 0.225 e. The van der Waals surface area contributed by atoms with Crippen LogP contribution in [0, 0.1) is 0 Å². The molecule has 1 saturated heterocycles. The molecule has 0 aromatic carbocycles. The second kappa shape index (κ2) is 4.37. The van der Waals surface area contributed by atoms with Crippen molar-refractivity contribution in [1.82, 2.24) is 15.3 Å².